The van der Waals surface area contributed by atoms with Gasteiger partial charge in [-0.1, -0.05) is 32.0 Å². The van der Waals surface area contributed by atoms with Crippen molar-refractivity contribution in [2.24, 2.45) is 5.92 Å². The van der Waals surface area contributed by atoms with Crippen molar-refractivity contribution in [1.29, 1.82) is 0 Å². The largest absolute Gasteiger partial charge is 0.337 e. The molecule has 1 saturated heterocycles. The van der Waals surface area contributed by atoms with E-state index in [1.165, 1.54) is 11.8 Å². The Morgan fingerprint density at radius 3 is 2.65 bits per heavy atom. The Morgan fingerprint density at radius 2 is 2.15 bits per heavy atom. The minimum absolute atomic E-state index is 0.130. The van der Waals surface area contributed by atoms with E-state index in [9.17, 15) is 9.59 Å². The molecule has 5 heteroatoms. The van der Waals surface area contributed by atoms with Crippen LogP contribution >= 0.6 is 11.8 Å². The second-order valence-electron chi connectivity index (χ2n) is 6.01. The van der Waals surface area contributed by atoms with Crippen LogP contribution in [0.25, 0.3) is 0 Å². The number of nitrogens with zero attached hydrogens (tertiary/aromatic N) is 2. The summed E-state index contributed by atoms with van der Waals surface area (Å²) < 4.78 is 0. The zero-order valence-electron chi connectivity index (χ0n) is 12.8. The quantitative estimate of drug-likeness (QED) is 0.725. The molecule has 20 heavy (non-hydrogen) atoms. The lowest BCUT2D eigenvalue weighted by Crippen LogP contribution is -2.44. The molecule has 0 bridgehead atoms. The first-order valence-electron chi connectivity index (χ1n) is 7.77. The minimum Gasteiger partial charge on any atom is -0.337 e. The molecule has 2 aliphatic rings. The van der Waals surface area contributed by atoms with Crippen LogP contribution in [0, 0.1) is 5.92 Å². The van der Waals surface area contributed by atoms with E-state index in [4.69, 9.17) is 0 Å². The number of thioether (sulfide) groups is 1. The summed E-state index contributed by atoms with van der Waals surface area (Å²) in [7, 11) is 0. The third-order valence-corrected chi connectivity index (χ3v) is 5.47. The summed E-state index contributed by atoms with van der Waals surface area (Å²) in [5, 5.41) is 0.130. The van der Waals surface area contributed by atoms with Gasteiger partial charge in [-0.05, 0) is 25.7 Å². The number of rotatable bonds is 7. The molecule has 0 aromatic rings. The van der Waals surface area contributed by atoms with Crippen LogP contribution in [0.3, 0.4) is 0 Å². The summed E-state index contributed by atoms with van der Waals surface area (Å²) in [5.74, 6) is 1.62. The Labute approximate surface area is 126 Å². The van der Waals surface area contributed by atoms with Crippen LogP contribution < -0.4 is 0 Å². The lowest BCUT2D eigenvalue weighted by Gasteiger charge is -2.33. The summed E-state index contributed by atoms with van der Waals surface area (Å²) in [6, 6.07) is 0.763. The van der Waals surface area contributed by atoms with Gasteiger partial charge in [0.25, 0.3) is 5.24 Å². The molecule has 1 aliphatic heterocycles. The molecular formula is C15H26N2O2S. The van der Waals surface area contributed by atoms with Crippen molar-refractivity contribution in [1.82, 2.24) is 9.80 Å². The maximum absolute atomic E-state index is 12.5. The lowest BCUT2D eigenvalue weighted by atomic mass is 9.98. The van der Waals surface area contributed by atoms with E-state index in [1.807, 2.05) is 4.90 Å². The first-order chi connectivity index (χ1) is 9.54. The molecular weight excluding hydrogens is 272 g/mol. The van der Waals surface area contributed by atoms with Crippen molar-refractivity contribution in [3.8, 4) is 0 Å². The number of carbonyl (C=O) groups excluding carboxylic acids is 2. The molecule has 0 radical (unpaired) electrons. The molecule has 2 rings (SSSR count). The van der Waals surface area contributed by atoms with Gasteiger partial charge in [0.15, 0.2) is 0 Å². The highest BCUT2D eigenvalue weighted by Gasteiger charge is 2.37. The molecule has 0 unspecified atom stereocenters. The molecule has 2 atom stereocenters. The van der Waals surface area contributed by atoms with Crippen LogP contribution in [0.15, 0.2) is 0 Å². The molecule has 4 nitrogen and oxygen atoms in total. The van der Waals surface area contributed by atoms with Crippen molar-refractivity contribution < 1.29 is 9.59 Å². The van der Waals surface area contributed by atoms with E-state index in [0.717, 1.165) is 31.6 Å². The molecule has 0 aromatic carbocycles. The Balaban J connectivity index is 1.88. The zero-order valence-corrected chi connectivity index (χ0v) is 13.6. The maximum atomic E-state index is 12.5. The first kappa shape index (κ1) is 15.7. The third-order valence-electron chi connectivity index (χ3n) is 4.58. The van der Waals surface area contributed by atoms with Gasteiger partial charge in [-0.15, -0.1) is 0 Å². The van der Waals surface area contributed by atoms with Gasteiger partial charge in [-0.2, -0.15) is 0 Å². The number of hydrogen-bond acceptors (Lipinski definition) is 3. The van der Waals surface area contributed by atoms with Crippen LogP contribution in [0.1, 0.15) is 46.5 Å². The van der Waals surface area contributed by atoms with Crippen LogP contribution in [0.4, 0.5) is 4.79 Å². The minimum atomic E-state index is 0.130. The molecule has 0 spiro atoms. The lowest BCUT2D eigenvalue weighted by molar-refractivity contribution is -0.135. The number of hydrogen-bond donors (Lipinski definition) is 0. The Morgan fingerprint density at radius 1 is 1.45 bits per heavy atom. The normalized spacial score (nSPS) is 21.9. The average Bonchev–Trinajstić information content (AvgIpc) is 3.18. The summed E-state index contributed by atoms with van der Waals surface area (Å²) in [5.41, 5.74) is 0. The fraction of sp³-hybridized carbons (Fsp3) is 0.867. The van der Waals surface area contributed by atoms with Gasteiger partial charge in [0, 0.05) is 37.3 Å². The fourth-order valence-corrected chi connectivity index (χ4v) is 3.57. The SMILES string of the molecule is CC[C@@H](C)[C@@H](C)N(C(=O)CCN1CCSC1=O)C1CC1. The van der Waals surface area contributed by atoms with Gasteiger partial charge in [0.05, 0.1) is 0 Å². The van der Waals surface area contributed by atoms with Gasteiger partial charge in [-0.3, -0.25) is 9.59 Å². The number of carbonyl (C=O) groups is 2. The van der Waals surface area contributed by atoms with Crippen LogP contribution in [-0.4, -0.2) is 51.9 Å². The first-order valence-corrected chi connectivity index (χ1v) is 8.76. The van der Waals surface area contributed by atoms with Crippen molar-refractivity contribution >= 4 is 22.9 Å². The molecule has 0 aromatic heterocycles. The molecule has 1 heterocycles. The second kappa shape index (κ2) is 6.83. The van der Waals surface area contributed by atoms with Gasteiger partial charge in [-0.25, -0.2) is 0 Å². The standard InChI is InChI=1S/C15H26N2O2S/c1-4-11(2)12(3)17(13-5-6-13)14(18)7-8-16-9-10-20-15(16)19/h11-13H,4-10H2,1-3H3/t11-,12-/m1/s1. The maximum Gasteiger partial charge on any atom is 0.281 e. The summed E-state index contributed by atoms with van der Waals surface area (Å²) >= 11 is 1.36. The van der Waals surface area contributed by atoms with E-state index in [2.05, 4.69) is 25.7 Å². The van der Waals surface area contributed by atoms with Gasteiger partial charge < -0.3 is 9.80 Å². The molecule has 1 aliphatic carbocycles. The second-order valence-corrected chi connectivity index (χ2v) is 7.06. The van der Waals surface area contributed by atoms with Crippen molar-refractivity contribution in [3.63, 3.8) is 0 Å². The predicted molar refractivity (Wildman–Crippen MR) is 82.8 cm³/mol. The monoisotopic (exact) mass is 298 g/mol. The third kappa shape index (κ3) is 3.68. The topological polar surface area (TPSA) is 40.6 Å². The van der Waals surface area contributed by atoms with Crippen molar-refractivity contribution in [2.45, 2.75) is 58.5 Å². The summed E-state index contributed by atoms with van der Waals surface area (Å²) in [6.07, 6.45) is 3.86. The molecule has 0 N–H and O–H groups in total. The fourth-order valence-electron chi connectivity index (χ4n) is 2.72. The Kier molecular flexibility index (Phi) is 5.35. The van der Waals surface area contributed by atoms with E-state index in [1.54, 1.807) is 0 Å². The highest BCUT2D eigenvalue weighted by Crippen LogP contribution is 2.32. The molecule has 1 saturated carbocycles. The highest BCUT2D eigenvalue weighted by atomic mass is 32.2. The molecule has 2 fully saturated rings. The van der Waals surface area contributed by atoms with E-state index < -0.39 is 0 Å². The van der Waals surface area contributed by atoms with Gasteiger partial charge >= 0.3 is 0 Å². The Hall–Kier alpha value is -0.710. The summed E-state index contributed by atoms with van der Waals surface area (Å²) in [4.78, 5) is 28.0. The smallest absolute Gasteiger partial charge is 0.281 e. The predicted octanol–water partition coefficient (Wildman–Crippen LogP) is 2.97. The van der Waals surface area contributed by atoms with Crippen molar-refractivity contribution in [3.05, 3.63) is 0 Å². The van der Waals surface area contributed by atoms with Gasteiger partial charge in [0.1, 0.15) is 0 Å². The number of amides is 2. The van der Waals surface area contributed by atoms with Crippen LogP contribution in [0.5, 0.6) is 0 Å². The van der Waals surface area contributed by atoms with Crippen LogP contribution in [-0.2, 0) is 4.79 Å². The molecule has 2 amide bonds. The molecule has 114 valence electrons. The zero-order chi connectivity index (χ0) is 14.7. The van der Waals surface area contributed by atoms with E-state index >= 15 is 0 Å². The van der Waals surface area contributed by atoms with Crippen molar-refractivity contribution in [2.75, 3.05) is 18.8 Å². The summed E-state index contributed by atoms with van der Waals surface area (Å²) in [6.45, 7) is 7.94. The average molecular weight is 298 g/mol. The van der Waals surface area contributed by atoms with E-state index in [0.29, 0.717) is 31.0 Å². The van der Waals surface area contributed by atoms with Crippen LogP contribution in [0.2, 0.25) is 0 Å². The van der Waals surface area contributed by atoms with E-state index in [-0.39, 0.29) is 11.1 Å². The Bertz CT molecular complexity index is 371. The highest BCUT2D eigenvalue weighted by molar-refractivity contribution is 8.13. The van der Waals surface area contributed by atoms with Gasteiger partial charge in [0.2, 0.25) is 5.91 Å².